The molecule has 0 spiro atoms. The Morgan fingerprint density at radius 2 is 1.13 bits per heavy atom. The summed E-state index contributed by atoms with van der Waals surface area (Å²) in [6.07, 6.45) is 15.6. The van der Waals surface area contributed by atoms with Crippen LogP contribution in [0.2, 0.25) is 0 Å². The van der Waals surface area contributed by atoms with Gasteiger partial charge < -0.3 is 0 Å². The fourth-order valence-corrected chi connectivity index (χ4v) is 9.27. The molecule has 4 rings (SSSR count). The maximum Gasteiger partial charge on any atom is 0.00483 e. The molecule has 1 aliphatic carbocycles. The smallest absolute Gasteiger partial charge is 0.00483 e. The van der Waals surface area contributed by atoms with Gasteiger partial charge in [-0.1, -0.05) is 123 Å². The predicted octanol–water partition coefficient (Wildman–Crippen LogP) is 6.59. The lowest BCUT2D eigenvalue weighted by Crippen LogP contribution is -2.16. The van der Waals surface area contributed by atoms with Crippen LogP contribution in [-0.4, -0.2) is 18.0 Å². The lowest BCUT2D eigenvalue weighted by atomic mass is 10.2. The summed E-state index contributed by atoms with van der Waals surface area (Å²) in [5, 5.41) is 4.57. The second-order valence-electron chi connectivity index (χ2n) is 7.67. The van der Waals surface area contributed by atoms with Gasteiger partial charge in [0, 0.05) is 5.66 Å². The molecule has 0 fully saturated rings. The van der Waals surface area contributed by atoms with Gasteiger partial charge in [-0.3, -0.25) is 0 Å². The standard InChI is InChI=1S/C28H30P2/c1-5-15-25(16-6-1)29(26-17-7-2-8-18-26)23-13-14-24-30(27-19-9-3-10-20-27)28-21-11-4-12-22-28/h1-12,15-21,28H,13-14,22-24H2. The van der Waals surface area contributed by atoms with E-state index in [0.29, 0.717) is 5.66 Å². The van der Waals surface area contributed by atoms with Crippen LogP contribution in [0.15, 0.2) is 115 Å². The molecule has 3 aromatic carbocycles. The van der Waals surface area contributed by atoms with Crippen LogP contribution >= 0.6 is 15.8 Å². The van der Waals surface area contributed by atoms with Gasteiger partial charge in [-0.05, 0) is 55.4 Å². The lowest BCUT2D eigenvalue weighted by molar-refractivity contribution is 0.892. The van der Waals surface area contributed by atoms with Gasteiger partial charge in [0.15, 0.2) is 0 Å². The van der Waals surface area contributed by atoms with E-state index in [1.54, 1.807) is 5.30 Å². The minimum Gasteiger partial charge on any atom is -0.0836 e. The Hall–Kier alpha value is -2.00. The highest BCUT2D eigenvalue weighted by molar-refractivity contribution is 7.73. The third-order valence-corrected chi connectivity index (χ3v) is 11.2. The summed E-state index contributed by atoms with van der Waals surface area (Å²) in [6, 6.07) is 33.5. The molecule has 2 atom stereocenters. The predicted molar refractivity (Wildman–Crippen MR) is 138 cm³/mol. The minimum atomic E-state index is -0.268. The van der Waals surface area contributed by atoms with Gasteiger partial charge in [-0.25, -0.2) is 0 Å². The van der Waals surface area contributed by atoms with Gasteiger partial charge in [0.2, 0.25) is 0 Å². The zero-order valence-corrected chi connectivity index (χ0v) is 19.3. The fraction of sp³-hybridized carbons (Fsp3) is 0.214. The number of rotatable bonds is 9. The minimum absolute atomic E-state index is 0.144. The van der Waals surface area contributed by atoms with Gasteiger partial charge in [-0.15, -0.1) is 0 Å². The lowest BCUT2D eigenvalue weighted by Gasteiger charge is -2.27. The van der Waals surface area contributed by atoms with Gasteiger partial charge in [0.1, 0.15) is 0 Å². The van der Waals surface area contributed by atoms with Gasteiger partial charge in [0.25, 0.3) is 0 Å². The maximum absolute atomic E-state index is 2.44. The van der Waals surface area contributed by atoms with Crippen LogP contribution in [0.3, 0.4) is 0 Å². The molecule has 0 saturated carbocycles. The summed E-state index contributed by atoms with van der Waals surface area (Å²) in [4.78, 5) is 0. The second kappa shape index (κ2) is 11.4. The van der Waals surface area contributed by atoms with Crippen molar-refractivity contribution in [1.29, 1.82) is 0 Å². The highest BCUT2D eigenvalue weighted by Crippen LogP contribution is 2.45. The van der Waals surface area contributed by atoms with E-state index in [4.69, 9.17) is 0 Å². The topological polar surface area (TPSA) is 0 Å². The van der Waals surface area contributed by atoms with E-state index >= 15 is 0 Å². The SMILES string of the molecule is C1=CCC(P(CCCCP(c2ccccc2)c2ccccc2)c2ccccc2)C=C1. The summed E-state index contributed by atoms with van der Waals surface area (Å²) in [5.41, 5.74) is 0.692. The van der Waals surface area contributed by atoms with E-state index in [0.717, 1.165) is 0 Å². The molecule has 0 nitrogen and oxygen atoms in total. The molecular formula is C28H30P2. The zero-order valence-electron chi connectivity index (χ0n) is 17.5. The van der Waals surface area contributed by atoms with Crippen molar-refractivity contribution in [3.8, 4) is 0 Å². The average molecular weight is 428 g/mol. The van der Waals surface area contributed by atoms with E-state index in [-0.39, 0.29) is 15.8 Å². The molecular weight excluding hydrogens is 398 g/mol. The molecule has 1 aliphatic rings. The second-order valence-corrected chi connectivity index (χ2v) is 12.6. The molecule has 0 aliphatic heterocycles. The van der Waals surface area contributed by atoms with E-state index in [1.165, 1.54) is 42.2 Å². The van der Waals surface area contributed by atoms with Crippen LogP contribution in [0.5, 0.6) is 0 Å². The Morgan fingerprint density at radius 3 is 1.67 bits per heavy atom. The van der Waals surface area contributed by atoms with Crippen LogP contribution in [0.25, 0.3) is 0 Å². The van der Waals surface area contributed by atoms with Crippen molar-refractivity contribution in [2.75, 3.05) is 12.3 Å². The Morgan fingerprint density at radius 1 is 0.600 bits per heavy atom. The number of allylic oxidation sites excluding steroid dienone is 4. The quantitative estimate of drug-likeness (QED) is 0.266. The van der Waals surface area contributed by atoms with E-state index in [2.05, 4.69) is 115 Å². The van der Waals surface area contributed by atoms with Gasteiger partial charge >= 0.3 is 0 Å². The highest BCUT2D eigenvalue weighted by atomic mass is 31.1. The first-order valence-electron chi connectivity index (χ1n) is 10.9. The van der Waals surface area contributed by atoms with Gasteiger partial charge in [0.05, 0.1) is 0 Å². The molecule has 30 heavy (non-hydrogen) atoms. The molecule has 0 heterocycles. The molecule has 0 saturated heterocycles. The molecule has 0 radical (unpaired) electrons. The fourth-order valence-electron chi connectivity index (χ4n) is 4.08. The van der Waals surface area contributed by atoms with Crippen LogP contribution in [0, 0.1) is 0 Å². The number of hydrogen-bond acceptors (Lipinski definition) is 0. The largest absolute Gasteiger partial charge is 0.0836 e. The van der Waals surface area contributed by atoms with Crippen LogP contribution < -0.4 is 15.9 Å². The third-order valence-electron chi connectivity index (χ3n) is 5.61. The molecule has 2 heteroatoms. The first-order valence-corrected chi connectivity index (χ1v) is 14.1. The molecule has 0 bridgehead atoms. The maximum atomic E-state index is 2.44. The van der Waals surface area contributed by atoms with Crippen molar-refractivity contribution < 1.29 is 0 Å². The van der Waals surface area contributed by atoms with Crippen LogP contribution in [0.1, 0.15) is 19.3 Å². The van der Waals surface area contributed by atoms with Gasteiger partial charge in [-0.2, -0.15) is 0 Å². The zero-order chi connectivity index (χ0) is 20.4. The Kier molecular flexibility index (Phi) is 8.08. The molecule has 2 unspecified atom stereocenters. The number of hydrogen-bond donors (Lipinski definition) is 0. The van der Waals surface area contributed by atoms with Crippen molar-refractivity contribution in [2.24, 2.45) is 0 Å². The van der Waals surface area contributed by atoms with Crippen molar-refractivity contribution >= 4 is 31.8 Å². The third kappa shape index (κ3) is 5.78. The molecule has 0 amide bonds. The number of benzene rings is 3. The van der Waals surface area contributed by atoms with Crippen molar-refractivity contribution in [2.45, 2.75) is 24.9 Å². The van der Waals surface area contributed by atoms with E-state index in [9.17, 15) is 0 Å². The molecule has 0 aromatic heterocycles. The summed E-state index contributed by atoms with van der Waals surface area (Å²) in [7, 11) is -0.413. The summed E-state index contributed by atoms with van der Waals surface area (Å²) >= 11 is 0. The summed E-state index contributed by atoms with van der Waals surface area (Å²) < 4.78 is 0. The van der Waals surface area contributed by atoms with Crippen molar-refractivity contribution in [3.05, 3.63) is 115 Å². The Labute approximate surface area is 184 Å². The Balaban J connectivity index is 1.42. The van der Waals surface area contributed by atoms with E-state index in [1.807, 2.05) is 0 Å². The Bertz CT molecular complexity index is 893. The average Bonchev–Trinajstić information content (AvgIpc) is 2.84. The first kappa shape index (κ1) is 21.2. The first-order chi connectivity index (χ1) is 14.9. The normalized spacial score (nSPS) is 16.6. The molecule has 152 valence electrons. The highest BCUT2D eigenvalue weighted by Gasteiger charge is 2.21. The summed E-state index contributed by atoms with van der Waals surface area (Å²) in [6.45, 7) is 0. The van der Waals surface area contributed by atoms with Crippen molar-refractivity contribution in [1.82, 2.24) is 0 Å². The van der Waals surface area contributed by atoms with Crippen molar-refractivity contribution in [3.63, 3.8) is 0 Å². The van der Waals surface area contributed by atoms with E-state index < -0.39 is 0 Å². The van der Waals surface area contributed by atoms with Crippen LogP contribution in [0.4, 0.5) is 0 Å². The monoisotopic (exact) mass is 428 g/mol. The van der Waals surface area contributed by atoms with Crippen LogP contribution in [-0.2, 0) is 0 Å². The molecule has 0 N–H and O–H groups in total. The summed E-state index contributed by atoms with van der Waals surface area (Å²) in [5.74, 6) is 0. The number of unbranched alkanes of at least 4 members (excludes halogenated alkanes) is 1. The molecule has 3 aromatic rings.